The zero-order chi connectivity index (χ0) is 12.2. The van der Waals surface area contributed by atoms with E-state index < -0.39 is 0 Å². The van der Waals surface area contributed by atoms with Crippen molar-refractivity contribution in [1.82, 2.24) is 19.8 Å². The minimum absolute atomic E-state index is 0.200. The lowest BCUT2D eigenvalue weighted by Gasteiger charge is -2.23. The van der Waals surface area contributed by atoms with Gasteiger partial charge in [0, 0.05) is 38.4 Å². The zero-order valence-electron chi connectivity index (χ0n) is 11.1. The van der Waals surface area contributed by atoms with Gasteiger partial charge in [-0.2, -0.15) is 0 Å². The van der Waals surface area contributed by atoms with E-state index in [2.05, 4.69) is 49.2 Å². The number of nitrogens with one attached hydrogen (secondary N) is 1. The molecule has 0 aliphatic heterocycles. The first-order valence-corrected chi connectivity index (χ1v) is 5.77. The van der Waals surface area contributed by atoms with E-state index in [1.54, 1.807) is 0 Å². The quantitative estimate of drug-likeness (QED) is 0.817. The lowest BCUT2D eigenvalue weighted by atomic mass is 10.1. The molecule has 0 saturated heterocycles. The van der Waals surface area contributed by atoms with Crippen molar-refractivity contribution in [1.29, 1.82) is 0 Å². The molecule has 0 spiro atoms. The summed E-state index contributed by atoms with van der Waals surface area (Å²) in [6, 6.07) is 0. The van der Waals surface area contributed by atoms with Crippen LogP contribution in [-0.2, 0) is 13.6 Å². The summed E-state index contributed by atoms with van der Waals surface area (Å²) in [5.74, 6) is 0. The largest absolute Gasteiger partial charge is 0.340 e. The van der Waals surface area contributed by atoms with Gasteiger partial charge in [-0.3, -0.25) is 4.90 Å². The molecule has 0 aliphatic rings. The second-order valence-corrected chi connectivity index (χ2v) is 5.45. The van der Waals surface area contributed by atoms with Crippen LogP contribution in [0.2, 0.25) is 0 Å². The van der Waals surface area contributed by atoms with Gasteiger partial charge in [-0.05, 0) is 27.8 Å². The molecule has 0 aliphatic carbocycles. The molecule has 0 amide bonds. The highest BCUT2D eigenvalue weighted by molar-refractivity contribution is 4.95. The third-order valence-corrected chi connectivity index (χ3v) is 2.34. The second kappa shape index (κ2) is 5.46. The fourth-order valence-corrected chi connectivity index (χ4v) is 1.53. The van der Waals surface area contributed by atoms with Crippen molar-refractivity contribution in [3.05, 3.63) is 18.2 Å². The lowest BCUT2D eigenvalue weighted by Crippen LogP contribution is -2.40. The number of likely N-dealkylation sites (N-methyl/N-ethyl adjacent to an activating group) is 1. The maximum atomic E-state index is 4.31. The molecule has 0 unspecified atom stereocenters. The van der Waals surface area contributed by atoms with Gasteiger partial charge in [0.2, 0.25) is 0 Å². The summed E-state index contributed by atoms with van der Waals surface area (Å²) < 4.78 is 1.98. The Bertz CT molecular complexity index is 311. The highest BCUT2D eigenvalue weighted by Gasteiger charge is 2.09. The van der Waals surface area contributed by atoms with Crippen molar-refractivity contribution in [2.75, 3.05) is 20.1 Å². The Labute approximate surface area is 98.7 Å². The summed E-state index contributed by atoms with van der Waals surface area (Å²) in [6.45, 7) is 9.51. The number of rotatable bonds is 5. The number of hydrogen-bond acceptors (Lipinski definition) is 3. The Hall–Kier alpha value is -0.870. The van der Waals surface area contributed by atoms with Gasteiger partial charge in [0.15, 0.2) is 0 Å². The molecule has 0 bridgehead atoms. The molecule has 0 radical (unpaired) electrons. The molecular formula is C12H24N4. The molecule has 1 aromatic heterocycles. The predicted molar refractivity (Wildman–Crippen MR) is 67.3 cm³/mol. The van der Waals surface area contributed by atoms with Crippen LogP contribution in [0.3, 0.4) is 0 Å². The normalized spacial score (nSPS) is 12.4. The van der Waals surface area contributed by atoms with Crippen LogP contribution < -0.4 is 5.32 Å². The molecule has 0 atom stereocenters. The molecule has 1 rings (SSSR count). The Morgan fingerprint density at radius 1 is 1.44 bits per heavy atom. The maximum absolute atomic E-state index is 4.31. The lowest BCUT2D eigenvalue weighted by molar-refractivity contribution is 0.301. The number of aryl methyl sites for hydroxylation is 1. The van der Waals surface area contributed by atoms with Crippen molar-refractivity contribution >= 4 is 0 Å². The van der Waals surface area contributed by atoms with Gasteiger partial charge in [-0.15, -0.1) is 0 Å². The van der Waals surface area contributed by atoms with Crippen LogP contribution in [0, 0.1) is 0 Å². The van der Waals surface area contributed by atoms with Crippen molar-refractivity contribution in [2.45, 2.75) is 32.9 Å². The third-order valence-electron chi connectivity index (χ3n) is 2.34. The van der Waals surface area contributed by atoms with Crippen LogP contribution >= 0.6 is 0 Å². The highest BCUT2D eigenvalue weighted by atomic mass is 15.1. The molecule has 0 aromatic carbocycles. The molecule has 0 saturated carbocycles. The van der Waals surface area contributed by atoms with Gasteiger partial charge < -0.3 is 9.88 Å². The molecule has 16 heavy (non-hydrogen) atoms. The topological polar surface area (TPSA) is 33.1 Å². The maximum Gasteiger partial charge on any atom is 0.0947 e. The van der Waals surface area contributed by atoms with E-state index in [9.17, 15) is 0 Å². The number of nitrogens with zero attached hydrogens (tertiary/aromatic N) is 3. The van der Waals surface area contributed by atoms with Crippen LogP contribution in [0.4, 0.5) is 0 Å². The molecular weight excluding hydrogens is 200 g/mol. The first-order chi connectivity index (χ1) is 7.37. The highest BCUT2D eigenvalue weighted by Crippen LogP contribution is 2.00. The van der Waals surface area contributed by atoms with E-state index in [-0.39, 0.29) is 5.54 Å². The standard InChI is InChI=1S/C12H24N4/c1-12(2,3)14-6-7-15(4)8-11-9-16(5)10-13-11/h9-10,14H,6-8H2,1-5H3. The van der Waals surface area contributed by atoms with Crippen LogP contribution in [-0.4, -0.2) is 40.1 Å². The minimum Gasteiger partial charge on any atom is -0.340 e. The van der Waals surface area contributed by atoms with E-state index >= 15 is 0 Å². The van der Waals surface area contributed by atoms with Gasteiger partial charge >= 0.3 is 0 Å². The summed E-state index contributed by atoms with van der Waals surface area (Å²) in [5.41, 5.74) is 1.33. The smallest absolute Gasteiger partial charge is 0.0947 e. The Balaban J connectivity index is 2.23. The van der Waals surface area contributed by atoms with Crippen LogP contribution in [0.25, 0.3) is 0 Å². The predicted octanol–water partition coefficient (Wildman–Crippen LogP) is 1.24. The van der Waals surface area contributed by atoms with E-state index in [1.807, 2.05) is 17.9 Å². The SMILES string of the molecule is CN(CCNC(C)(C)C)Cc1cn(C)cn1. The van der Waals surface area contributed by atoms with Gasteiger partial charge in [0.1, 0.15) is 0 Å². The number of imidazole rings is 1. The average molecular weight is 224 g/mol. The number of aromatic nitrogens is 2. The van der Waals surface area contributed by atoms with Gasteiger partial charge in [0.05, 0.1) is 12.0 Å². The van der Waals surface area contributed by atoms with E-state index in [4.69, 9.17) is 0 Å². The summed E-state index contributed by atoms with van der Waals surface area (Å²) in [4.78, 5) is 6.59. The molecule has 92 valence electrons. The van der Waals surface area contributed by atoms with Crippen molar-refractivity contribution in [3.8, 4) is 0 Å². The summed E-state index contributed by atoms with van der Waals surface area (Å²) in [7, 11) is 4.12. The number of hydrogen-bond donors (Lipinski definition) is 1. The van der Waals surface area contributed by atoms with Gasteiger partial charge in [0.25, 0.3) is 0 Å². The van der Waals surface area contributed by atoms with E-state index in [0.717, 1.165) is 25.3 Å². The Kier molecular flexibility index (Phi) is 4.50. The zero-order valence-corrected chi connectivity index (χ0v) is 11.1. The second-order valence-electron chi connectivity index (χ2n) is 5.45. The average Bonchev–Trinajstić information content (AvgIpc) is 2.48. The fourth-order valence-electron chi connectivity index (χ4n) is 1.53. The van der Waals surface area contributed by atoms with E-state index in [1.165, 1.54) is 0 Å². The van der Waals surface area contributed by atoms with Crippen LogP contribution in [0.15, 0.2) is 12.5 Å². The summed E-state index contributed by atoms with van der Waals surface area (Å²) in [5, 5.41) is 3.48. The van der Waals surface area contributed by atoms with Crippen molar-refractivity contribution < 1.29 is 0 Å². The third kappa shape index (κ3) is 5.28. The minimum atomic E-state index is 0.200. The molecule has 1 aromatic rings. The first-order valence-electron chi connectivity index (χ1n) is 5.77. The monoisotopic (exact) mass is 224 g/mol. The van der Waals surface area contributed by atoms with Crippen LogP contribution in [0.5, 0.6) is 0 Å². The Morgan fingerprint density at radius 2 is 2.12 bits per heavy atom. The molecule has 4 heteroatoms. The molecule has 0 fully saturated rings. The molecule has 4 nitrogen and oxygen atoms in total. The van der Waals surface area contributed by atoms with Crippen LogP contribution in [0.1, 0.15) is 26.5 Å². The van der Waals surface area contributed by atoms with Crippen molar-refractivity contribution in [2.24, 2.45) is 7.05 Å². The summed E-state index contributed by atoms with van der Waals surface area (Å²) >= 11 is 0. The summed E-state index contributed by atoms with van der Waals surface area (Å²) in [6.07, 6.45) is 3.91. The van der Waals surface area contributed by atoms with Gasteiger partial charge in [-0.25, -0.2) is 4.98 Å². The van der Waals surface area contributed by atoms with Crippen molar-refractivity contribution in [3.63, 3.8) is 0 Å². The van der Waals surface area contributed by atoms with Gasteiger partial charge in [-0.1, -0.05) is 0 Å². The first kappa shape index (κ1) is 13.2. The van der Waals surface area contributed by atoms with E-state index in [0.29, 0.717) is 0 Å². The Morgan fingerprint density at radius 3 is 2.62 bits per heavy atom. The molecule has 1 heterocycles. The fraction of sp³-hybridized carbons (Fsp3) is 0.750. The molecule has 1 N–H and O–H groups in total.